The molecule has 0 aliphatic carbocycles. The van der Waals surface area contributed by atoms with Gasteiger partial charge in [0.25, 0.3) is 5.56 Å². The molecule has 3 N–H and O–H groups in total. The number of nitrogen functional groups attached to an aromatic ring is 1. The average Bonchev–Trinajstić information content (AvgIpc) is 2.52. The highest BCUT2D eigenvalue weighted by Crippen LogP contribution is 2.40. The van der Waals surface area contributed by atoms with Crippen molar-refractivity contribution in [3.05, 3.63) is 54.3 Å². The van der Waals surface area contributed by atoms with Gasteiger partial charge in [-0.15, -0.1) is 0 Å². The lowest BCUT2D eigenvalue weighted by molar-refractivity contribution is 0.362. The highest BCUT2D eigenvalue weighted by atomic mass is 127. The molecule has 0 fully saturated rings. The fraction of sp³-hybridized carbons (Fsp3) is 0.0625. The van der Waals surface area contributed by atoms with E-state index in [0.29, 0.717) is 15.8 Å². The third kappa shape index (κ3) is 3.30. The number of aromatic amines is 1. The Morgan fingerprint density at radius 3 is 2.62 bits per heavy atom. The van der Waals surface area contributed by atoms with E-state index in [1.54, 1.807) is 12.1 Å². The smallest absolute Gasteiger partial charge is 0.268 e. The number of hydrogen-bond acceptors (Lipinski definition) is 5. The minimum atomic E-state index is -0.659. The number of nitriles is 2. The Labute approximate surface area is 159 Å². The number of hydrogen-bond donors (Lipinski definition) is 2. The predicted octanol–water partition coefficient (Wildman–Crippen LogP) is 3.30. The van der Waals surface area contributed by atoms with Crippen molar-refractivity contribution in [2.75, 3.05) is 12.3 Å². The van der Waals surface area contributed by atoms with Crippen molar-refractivity contribution in [3.8, 4) is 29.0 Å². The molecule has 0 aliphatic heterocycles. The van der Waals surface area contributed by atoms with Gasteiger partial charge < -0.3 is 15.5 Å². The van der Waals surface area contributed by atoms with Crippen LogP contribution in [0, 0.1) is 26.2 Å². The number of halogens is 2. The molecule has 0 amide bonds. The zero-order valence-corrected chi connectivity index (χ0v) is 15.9. The van der Waals surface area contributed by atoms with Crippen LogP contribution >= 0.6 is 38.5 Å². The summed E-state index contributed by atoms with van der Waals surface area (Å²) in [5.74, 6) is 0.345. The number of H-pyrrole nitrogens is 1. The number of pyridine rings is 1. The lowest BCUT2D eigenvalue weighted by Crippen LogP contribution is -2.16. The first kappa shape index (κ1) is 18.0. The van der Waals surface area contributed by atoms with Crippen LogP contribution in [0.4, 0.5) is 5.82 Å². The molecule has 0 saturated heterocycles. The molecule has 24 heavy (non-hydrogen) atoms. The second kappa shape index (κ2) is 7.51. The van der Waals surface area contributed by atoms with E-state index < -0.39 is 5.56 Å². The van der Waals surface area contributed by atoms with Gasteiger partial charge in [0.1, 0.15) is 41.4 Å². The first-order valence-electron chi connectivity index (χ1n) is 6.53. The first-order chi connectivity index (χ1) is 11.4. The maximum atomic E-state index is 12.1. The summed E-state index contributed by atoms with van der Waals surface area (Å²) in [6.45, 7) is 3.83. The highest BCUT2D eigenvalue weighted by Gasteiger charge is 2.23. The summed E-state index contributed by atoms with van der Waals surface area (Å²) in [4.78, 5) is 14.4. The Morgan fingerprint density at radius 2 is 2.04 bits per heavy atom. The van der Waals surface area contributed by atoms with Crippen LogP contribution in [0.5, 0.6) is 5.75 Å². The molecule has 1 aromatic heterocycles. The Bertz CT molecular complexity index is 970. The van der Waals surface area contributed by atoms with E-state index in [2.05, 4.69) is 50.1 Å². The Morgan fingerprint density at radius 1 is 1.38 bits per heavy atom. The largest absolute Gasteiger partial charge is 0.488 e. The van der Waals surface area contributed by atoms with E-state index in [1.807, 2.05) is 18.2 Å². The predicted molar refractivity (Wildman–Crippen MR) is 102 cm³/mol. The van der Waals surface area contributed by atoms with Gasteiger partial charge in [0.2, 0.25) is 0 Å². The number of rotatable bonds is 4. The van der Waals surface area contributed by atoms with Crippen LogP contribution in [0.1, 0.15) is 11.1 Å². The van der Waals surface area contributed by atoms with E-state index in [1.165, 1.54) is 0 Å². The van der Waals surface area contributed by atoms with Gasteiger partial charge in [-0.05, 0) is 34.7 Å². The maximum Gasteiger partial charge on any atom is 0.268 e. The van der Waals surface area contributed by atoms with Crippen LogP contribution in [0.2, 0.25) is 0 Å². The summed E-state index contributed by atoms with van der Waals surface area (Å²) >= 11 is 5.45. The van der Waals surface area contributed by atoms with Crippen molar-refractivity contribution in [2.45, 2.75) is 0 Å². The zero-order valence-electron chi connectivity index (χ0n) is 12.2. The van der Waals surface area contributed by atoms with Gasteiger partial charge in [-0.25, -0.2) is 0 Å². The van der Waals surface area contributed by atoms with E-state index in [4.69, 9.17) is 10.5 Å². The summed E-state index contributed by atoms with van der Waals surface area (Å²) in [5.41, 5.74) is 5.51. The normalized spacial score (nSPS) is 9.83. The van der Waals surface area contributed by atoms with Crippen LogP contribution in [-0.4, -0.2) is 11.6 Å². The number of nitrogens with two attached hydrogens (primary N) is 1. The van der Waals surface area contributed by atoms with Crippen molar-refractivity contribution < 1.29 is 4.74 Å². The number of ether oxygens (including phenoxy) is 1. The van der Waals surface area contributed by atoms with Crippen LogP contribution in [0.3, 0.4) is 0 Å². The van der Waals surface area contributed by atoms with Gasteiger partial charge in [-0.3, -0.25) is 4.79 Å². The molecule has 8 heteroatoms. The van der Waals surface area contributed by atoms with Crippen molar-refractivity contribution in [3.63, 3.8) is 0 Å². The molecule has 1 heterocycles. The van der Waals surface area contributed by atoms with E-state index in [9.17, 15) is 15.3 Å². The van der Waals surface area contributed by atoms with Gasteiger partial charge in [0.05, 0.1) is 3.57 Å². The topological polar surface area (TPSA) is 116 Å². The van der Waals surface area contributed by atoms with Gasteiger partial charge in [-0.2, -0.15) is 10.5 Å². The van der Waals surface area contributed by atoms with Crippen LogP contribution in [-0.2, 0) is 0 Å². The Balaban J connectivity index is 2.97. The van der Waals surface area contributed by atoms with Crippen molar-refractivity contribution in [1.82, 2.24) is 4.98 Å². The quantitative estimate of drug-likeness (QED) is 0.497. The van der Waals surface area contributed by atoms with Gasteiger partial charge in [-0.1, -0.05) is 28.6 Å². The number of nitrogens with one attached hydrogen (secondary N) is 1. The monoisotopic (exact) mass is 496 g/mol. The summed E-state index contributed by atoms with van der Waals surface area (Å²) < 4.78 is 7.14. The average molecular weight is 497 g/mol. The zero-order chi connectivity index (χ0) is 17.9. The third-order valence-corrected chi connectivity index (χ3v) is 4.35. The fourth-order valence-electron chi connectivity index (χ4n) is 2.15. The second-order valence-corrected chi connectivity index (χ2v) is 6.66. The SMILES string of the molecule is C=CCOc1c(I)cc(Br)cc1-c1c(C#N)c(N)[nH]c(=O)c1C#N. The van der Waals surface area contributed by atoms with Crippen molar-refractivity contribution in [1.29, 1.82) is 10.5 Å². The number of benzene rings is 1. The summed E-state index contributed by atoms with van der Waals surface area (Å²) in [5, 5.41) is 18.8. The molecule has 2 rings (SSSR count). The van der Waals surface area contributed by atoms with Crippen molar-refractivity contribution >= 4 is 44.3 Å². The van der Waals surface area contributed by atoms with Crippen LogP contribution in [0.25, 0.3) is 11.1 Å². The lowest BCUT2D eigenvalue weighted by Gasteiger charge is -2.16. The third-order valence-electron chi connectivity index (χ3n) is 3.09. The van der Waals surface area contributed by atoms with Gasteiger partial charge >= 0.3 is 0 Å². The molecule has 0 spiro atoms. The Hall–Kier alpha value is -2.30. The molecule has 6 nitrogen and oxygen atoms in total. The number of anilines is 1. The molecule has 1 aromatic carbocycles. The van der Waals surface area contributed by atoms with Gasteiger partial charge in [0, 0.05) is 15.6 Å². The lowest BCUT2D eigenvalue weighted by atomic mass is 9.96. The summed E-state index contributed by atoms with van der Waals surface area (Å²) in [6, 6.07) is 7.28. The molecule has 0 aliphatic rings. The first-order valence-corrected chi connectivity index (χ1v) is 8.40. The molecule has 120 valence electrons. The minimum Gasteiger partial charge on any atom is -0.488 e. The fourth-order valence-corrected chi connectivity index (χ4v) is 3.82. The molecule has 0 bridgehead atoms. The standard InChI is InChI=1S/C16H10BrIN4O2/c1-2-3-24-14-9(4-8(17)5-12(14)18)13-10(6-19)15(21)22-16(23)11(13)7-20/h2,4-5H,1,3H2,(H3,21,22,23). The van der Waals surface area contributed by atoms with E-state index in [-0.39, 0.29) is 29.1 Å². The minimum absolute atomic E-state index is 0.0171. The summed E-state index contributed by atoms with van der Waals surface area (Å²) in [7, 11) is 0. The van der Waals surface area contributed by atoms with E-state index in [0.717, 1.165) is 3.57 Å². The molecule has 0 radical (unpaired) electrons. The molecule has 2 aromatic rings. The van der Waals surface area contributed by atoms with E-state index >= 15 is 0 Å². The van der Waals surface area contributed by atoms with Crippen molar-refractivity contribution in [2.24, 2.45) is 0 Å². The number of aromatic nitrogens is 1. The molecular formula is C16H10BrIN4O2. The highest BCUT2D eigenvalue weighted by molar-refractivity contribution is 14.1. The molecule has 0 atom stereocenters. The van der Waals surface area contributed by atoms with Gasteiger partial charge in [0.15, 0.2) is 0 Å². The van der Waals surface area contributed by atoms with Crippen LogP contribution in [0.15, 0.2) is 34.1 Å². The summed E-state index contributed by atoms with van der Waals surface area (Å²) in [6.07, 6.45) is 1.57. The Kier molecular flexibility index (Phi) is 5.65. The second-order valence-electron chi connectivity index (χ2n) is 4.58. The van der Waals surface area contributed by atoms with Crippen LogP contribution < -0.4 is 16.0 Å². The maximum absolute atomic E-state index is 12.1. The molecule has 0 unspecified atom stereocenters. The molecular weight excluding hydrogens is 487 g/mol. The number of nitrogens with zero attached hydrogens (tertiary/aromatic N) is 2. The molecule has 0 saturated carbocycles.